The van der Waals surface area contributed by atoms with Crippen LogP contribution in [0.2, 0.25) is 25.7 Å². The number of ether oxygens (including phenoxy) is 2. The summed E-state index contributed by atoms with van der Waals surface area (Å²) in [6, 6.07) is 5.58. The minimum Gasteiger partial charge on any atom is -0.450 e. The third-order valence-electron chi connectivity index (χ3n) is 5.36. The van der Waals surface area contributed by atoms with Gasteiger partial charge in [-0.05, 0) is 34.1 Å². The van der Waals surface area contributed by atoms with Crippen LogP contribution in [0.5, 0.6) is 11.5 Å². The van der Waals surface area contributed by atoms with Crippen molar-refractivity contribution in [3.05, 3.63) is 64.7 Å². The number of carbonyl (C=O) groups excluding carboxylic acids is 1. The number of hydrogen-bond acceptors (Lipinski definition) is 5. The minimum absolute atomic E-state index is 0.0652. The Morgan fingerprint density at radius 2 is 1.97 bits per heavy atom. The number of halogens is 3. The van der Waals surface area contributed by atoms with E-state index in [1.54, 1.807) is 23.0 Å². The quantitative estimate of drug-likeness (QED) is 0.149. The minimum atomic E-state index is -1.22. The summed E-state index contributed by atoms with van der Waals surface area (Å²) in [5, 5.41) is 12.0. The zero-order valence-corrected chi connectivity index (χ0v) is 23.2. The first-order valence-corrected chi connectivity index (χ1v) is 16.0. The molecule has 0 fully saturated rings. The highest BCUT2D eigenvalue weighted by Crippen LogP contribution is 2.37. The molecule has 0 spiro atoms. The van der Waals surface area contributed by atoms with Crippen molar-refractivity contribution in [3.8, 4) is 11.5 Å². The number of urea groups is 1. The van der Waals surface area contributed by atoms with Crippen LogP contribution < -0.4 is 15.4 Å². The van der Waals surface area contributed by atoms with Crippen LogP contribution in [0.25, 0.3) is 11.0 Å². The second kappa shape index (κ2) is 11.4. The van der Waals surface area contributed by atoms with E-state index in [1.807, 2.05) is 0 Å². The first-order chi connectivity index (χ1) is 17.6. The number of aromatic nitrogens is 4. The maximum absolute atomic E-state index is 14.9. The Bertz CT molecular complexity index is 1370. The smallest absolute Gasteiger partial charge is 0.319 e. The van der Waals surface area contributed by atoms with Crippen molar-refractivity contribution in [2.24, 2.45) is 0 Å². The summed E-state index contributed by atoms with van der Waals surface area (Å²) in [6.45, 7) is 7.91. The number of fused-ring (bicyclic) bond motifs is 1. The van der Waals surface area contributed by atoms with E-state index >= 15 is 0 Å². The van der Waals surface area contributed by atoms with E-state index in [0.29, 0.717) is 27.8 Å². The molecule has 0 atom stereocenters. The van der Waals surface area contributed by atoms with E-state index in [-0.39, 0.29) is 24.7 Å². The van der Waals surface area contributed by atoms with E-state index in [1.165, 1.54) is 12.3 Å². The van der Waals surface area contributed by atoms with Crippen molar-refractivity contribution < 1.29 is 23.0 Å². The molecule has 0 aliphatic heterocycles. The van der Waals surface area contributed by atoms with Crippen LogP contribution in [0.3, 0.4) is 0 Å². The van der Waals surface area contributed by atoms with Crippen LogP contribution in [-0.2, 0) is 18.0 Å². The molecule has 3 heterocycles. The fourth-order valence-electron chi connectivity index (χ4n) is 3.44. The maximum atomic E-state index is 14.9. The third-order valence-corrected chi connectivity index (χ3v) is 7.66. The molecule has 0 bridgehead atoms. The van der Waals surface area contributed by atoms with Crippen LogP contribution in [-0.4, -0.2) is 40.5 Å². The number of rotatable bonds is 10. The monoisotopic (exact) mass is 592 g/mol. The molecule has 3 aromatic heterocycles. The number of hydrogen-bond donors (Lipinski definition) is 3. The van der Waals surface area contributed by atoms with Gasteiger partial charge in [0.05, 0.1) is 17.6 Å². The molecular formula is C24H27BrF2N6O3Si. The highest BCUT2D eigenvalue weighted by atomic mass is 79.9. The van der Waals surface area contributed by atoms with E-state index in [9.17, 15) is 13.6 Å². The summed E-state index contributed by atoms with van der Waals surface area (Å²) < 4.78 is 43.7. The van der Waals surface area contributed by atoms with Crippen molar-refractivity contribution in [1.82, 2.24) is 25.1 Å². The Hall–Kier alpha value is -3.29. The molecule has 1 aromatic carbocycles. The van der Waals surface area contributed by atoms with Crippen molar-refractivity contribution >= 4 is 46.8 Å². The Balaban J connectivity index is 1.47. The molecule has 0 unspecified atom stereocenters. The van der Waals surface area contributed by atoms with Gasteiger partial charge in [-0.1, -0.05) is 19.6 Å². The number of nitrogens with one attached hydrogen (secondary N) is 3. The number of nitrogens with zero attached hydrogens (tertiary/aromatic N) is 3. The van der Waals surface area contributed by atoms with E-state index < -0.39 is 31.5 Å². The number of H-pyrrole nitrogens is 1. The van der Waals surface area contributed by atoms with Gasteiger partial charge in [-0.3, -0.25) is 5.10 Å². The van der Waals surface area contributed by atoms with Crippen LogP contribution >= 0.6 is 15.9 Å². The fraction of sp³-hybridized carbons (Fsp3) is 0.292. The van der Waals surface area contributed by atoms with Crippen molar-refractivity contribution in [2.45, 2.75) is 39.0 Å². The SMILES string of the molecule is C[Si](C)(C)CCOCn1cc(Br)c2c(Oc3c(F)cc(NC(=O)NCc4cc[nH]n4)cc3F)ccnc21. The predicted octanol–water partition coefficient (Wildman–Crippen LogP) is 6.23. The summed E-state index contributed by atoms with van der Waals surface area (Å²) >= 11 is 3.49. The Morgan fingerprint density at radius 3 is 2.65 bits per heavy atom. The molecule has 3 N–H and O–H groups in total. The molecular weight excluding hydrogens is 566 g/mol. The van der Waals surface area contributed by atoms with Crippen LogP contribution in [0.1, 0.15) is 5.69 Å². The lowest BCUT2D eigenvalue weighted by atomic mass is 10.2. The van der Waals surface area contributed by atoms with Gasteiger partial charge in [0, 0.05) is 55.6 Å². The summed E-state index contributed by atoms with van der Waals surface area (Å²) in [5.74, 6) is -2.33. The fourth-order valence-corrected chi connectivity index (χ4v) is 4.81. The van der Waals surface area contributed by atoms with E-state index in [4.69, 9.17) is 9.47 Å². The predicted molar refractivity (Wildman–Crippen MR) is 142 cm³/mol. The van der Waals surface area contributed by atoms with Crippen molar-refractivity contribution in [2.75, 3.05) is 11.9 Å². The summed E-state index contributed by atoms with van der Waals surface area (Å²) in [4.78, 5) is 16.5. The van der Waals surface area contributed by atoms with Crippen molar-refractivity contribution in [3.63, 3.8) is 0 Å². The van der Waals surface area contributed by atoms with Gasteiger partial charge in [0.15, 0.2) is 17.4 Å². The molecule has 9 nitrogen and oxygen atoms in total. The maximum Gasteiger partial charge on any atom is 0.319 e. The van der Waals surface area contributed by atoms with Gasteiger partial charge >= 0.3 is 6.03 Å². The molecule has 0 saturated carbocycles. The summed E-state index contributed by atoms with van der Waals surface area (Å²) in [6.07, 6.45) is 4.91. The number of benzene rings is 1. The lowest BCUT2D eigenvalue weighted by Crippen LogP contribution is -2.28. The average Bonchev–Trinajstić information content (AvgIpc) is 3.45. The molecule has 4 aromatic rings. The normalized spacial score (nSPS) is 11.6. The zero-order valence-electron chi connectivity index (χ0n) is 20.6. The molecule has 13 heteroatoms. The molecule has 37 heavy (non-hydrogen) atoms. The van der Waals surface area contributed by atoms with Gasteiger partial charge in [0.1, 0.15) is 18.1 Å². The molecule has 2 amide bonds. The number of pyridine rings is 1. The number of carbonyl (C=O) groups is 1. The molecule has 0 saturated heterocycles. The standard InChI is InChI=1S/C24H27BrF2N6O3Si/c1-37(2,3)9-8-35-14-33-13-17(25)21-20(5-6-28-23(21)33)36-22-18(26)10-16(11-19(22)27)31-24(34)29-12-15-4-7-30-32-15/h4-7,10-11,13H,8-9,12,14H2,1-3H3,(H,30,32)(H2,29,31,34). The second-order valence-corrected chi connectivity index (χ2v) is 16.0. The van der Waals surface area contributed by atoms with E-state index in [2.05, 4.69) is 61.4 Å². The zero-order chi connectivity index (χ0) is 26.6. The number of amides is 2. The summed E-state index contributed by atoms with van der Waals surface area (Å²) in [5.41, 5.74) is 1.09. The Kier molecular flexibility index (Phi) is 8.24. The lowest BCUT2D eigenvalue weighted by molar-refractivity contribution is 0.0898. The lowest BCUT2D eigenvalue weighted by Gasteiger charge is -2.15. The van der Waals surface area contributed by atoms with Gasteiger partial charge < -0.3 is 24.7 Å². The molecule has 0 radical (unpaired) electrons. The molecule has 0 aliphatic carbocycles. The topological polar surface area (TPSA) is 106 Å². The number of aromatic amines is 1. The van der Waals surface area contributed by atoms with Gasteiger partial charge in [-0.2, -0.15) is 5.10 Å². The second-order valence-electron chi connectivity index (χ2n) is 9.55. The highest BCUT2D eigenvalue weighted by molar-refractivity contribution is 9.10. The largest absolute Gasteiger partial charge is 0.450 e. The third kappa shape index (κ3) is 6.93. The first kappa shape index (κ1) is 26.8. The van der Waals surface area contributed by atoms with Crippen LogP contribution in [0.4, 0.5) is 19.3 Å². The van der Waals surface area contributed by atoms with Gasteiger partial charge in [0.2, 0.25) is 0 Å². The summed E-state index contributed by atoms with van der Waals surface area (Å²) in [7, 11) is -1.22. The molecule has 4 rings (SSSR count). The molecule has 196 valence electrons. The Morgan fingerprint density at radius 1 is 1.22 bits per heavy atom. The average molecular weight is 594 g/mol. The Labute approximate surface area is 221 Å². The first-order valence-electron chi connectivity index (χ1n) is 11.5. The van der Waals surface area contributed by atoms with Gasteiger partial charge in [0.25, 0.3) is 0 Å². The highest BCUT2D eigenvalue weighted by Gasteiger charge is 2.19. The van der Waals surface area contributed by atoms with E-state index in [0.717, 1.165) is 18.2 Å². The van der Waals surface area contributed by atoms with Crippen LogP contribution in [0, 0.1) is 11.6 Å². The van der Waals surface area contributed by atoms with Crippen molar-refractivity contribution in [1.29, 1.82) is 0 Å². The van der Waals surface area contributed by atoms with Gasteiger partial charge in [-0.15, -0.1) is 0 Å². The molecule has 0 aliphatic rings. The van der Waals surface area contributed by atoms with Crippen LogP contribution in [0.15, 0.2) is 47.3 Å². The van der Waals surface area contributed by atoms with Gasteiger partial charge in [-0.25, -0.2) is 18.6 Å². The number of anilines is 1.